The second kappa shape index (κ2) is 7.56. The lowest BCUT2D eigenvalue weighted by Gasteiger charge is -2.30. The highest BCUT2D eigenvalue weighted by molar-refractivity contribution is 5.79. The van der Waals surface area contributed by atoms with Crippen LogP contribution < -0.4 is 10.6 Å². The summed E-state index contributed by atoms with van der Waals surface area (Å²) >= 11 is 0. The fourth-order valence-corrected chi connectivity index (χ4v) is 3.06. The highest BCUT2D eigenvalue weighted by atomic mass is 16.1. The lowest BCUT2D eigenvalue weighted by Crippen LogP contribution is -2.40. The summed E-state index contributed by atoms with van der Waals surface area (Å²) in [6.45, 7) is 8.03. The van der Waals surface area contributed by atoms with Crippen molar-refractivity contribution in [2.75, 3.05) is 5.32 Å². The Hall–Kier alpha value is -1.65. The fourth-order valence-electron chi connectivity index (χ4n) is 3.06. The molecule has 1 amide bonds. The minimum Gasteiger partial charge on any atom is -0.367 e. The molecule has 1 fully saturated rings. The zero-order valence-corrected chi connectivity index (χ0v) is 14.1. The normalized spacial score (nSPS) is 21.7. The Morgan fingerprint density at radius 1 is 1.36 bits per heavy atom. The van der Waals surface area contributed by atoms with E-state index in [9.17, 15) is 4.79 Å². The molecule has 1 heterocycles. The fraction of sp³-hybridized carbons (Fsp3) is 0.706. The number of carbonyl (C=O) groups is 1. The van der Waals surface area contributed by atoms with Gasteiger partial charge in [0, 0.05) is 29.8 Å². The van der Waals surface area contributed by atoms with Crippen LogP contribution >= 0.6 is 0 Å². The van der Waals surface area contributed by atoms with Crippen LogP contribution in [0.15, 0.2) is 6.07 Å². The molecule has 122 valence electrons. The first-order valence-electron chi connectivity index (χ1n) is 8.39. The quantitative estimate of drug-likeness (QED) is 0.878. The van der Waals surface area contributed by atoms with Gasteiger partial charge in [-0.25, -0.2) is 9.97 Å². The third kappa shape index (κ3) is 4.68. The molecule has 0 spiro atoms. The first kappa shape index (κ1) is 16.7. The molecule has 1 saturated carbocycles. The molecule has 0 bridgehead atoms. The van der Waals surface area contributed by atoms with Crippen molar-refractivity contribution in [3.05, 3.63) is 17.6 Å². The number of carbonyl (C=O) groups excluding carboxylic acids is 1. The van der Waals surface area contributed by atoms with Crippen molar-refractivity contribution < 1.29 is 4.79 Å². The molecule has 2 rings (SSSR count). The predicted octanol–water partition coefficient (Wildman–Crippen LogP) is 2.84. The van der Waals surface area contributed by atoms with Crippen molar-refractivity contribution in [3.63, 3.8) is 0 Å². The molecule has 0 radical (unpaired) electrons. The number of hydrogen-bond donors (Lipinski definition) is 2. The molecule has 1 aromatic rings. The zero-order chi connectivity index (χ0) is 16.1. The Morgan fingerprint density at radius 3 is 2.82 bits per heavy atom. The van der Waals surface area contributed by atoms with E-state index in [1.54, 1.807) is 0 Å². The molecule has 1 aliphatic carbocycles. The summed E-state index contributed by atoms with van der Waals surface area (Å²) in [5.41, 5.74) is 1.06. The van der Waals surface area contributed by atoms with E-state index < -0.39 is 0 Å². The first-order valence-corrected chi connectivity index (χ1v) is 8.39. The zero-order valence-electron chi connectivity index (χ0n) is 14.1. The number of rotatable bonds is 5. The maximum atomic E-state index is 12.2. The van der Waals surface area contributed by atoms with E-state index in [4.69, 9.17) is 0 Å². The molecule has 2 atom stereocenters. The van der Waals surface area contributed by atoms with E-state index in [1.165, 1.54) is 0 Å². The topological polar surface area (TPSA) is 66.9 Å². The van der Waals surface area contributed by atoms with E-state index in [1.807, 2.05) is 26.8 Å². The Labute approximate surface area is 133 Å². The van der Waals surface area contributed by atoms with E-state index in [-0.39, 0.29) is 17.9 Å². The lowest BCUT2D eigenvalue weighted by atomic mass is 9.85. The van der Waals surface area contributed by atoms with Gasteiger partial charge >= 0.3 is 0 Å². The SMILES string of the molecule is CCc1cc(NC2CCCC(C(=O)NC(C)C)C2)nc(C)n1. The Morgan fingerprint density at radius 2 is 2.14 bits per heavy atom. The summed E-state index contributed by atoms with van der Waals surface area (Å²) in [5, 5.41) is 6.54. The molecule has 1 aliphatic rings. The summed E-state index contributed by atoms with van der Waals surface area (Å²) in [6.07, 6.45) is 4.94. The van der Waals surface area contributed by atoms with Crippen LogP contribution in [-0.2, 0) is 11.2 Å². The molecule has 5 nitrogen and oxygen atoms in total. The highest BCUT2D eigenvalue weighted by Crippen LogP contribution is 2.27. The molecule has 0 aromatic carbocycles. The molecule has 2 unspecified atom stereocenters. The molecule has 0 saturated heterocycles. The third-order valence-electron chi connectivity index (χ3n) is 4.08. The molecule has 22 heavy (non-hydrogen) atoms. The van der Waals surface area contributed by atoms with Gasteiger partial charge in [0.1, 0.15) is 11.6 Å². The third-order valence-corrected chi connectivity index (χ3v) is 4.08. The van der Waals surface area contributed by atoms with Crippen LogP contribution in [0.5, 0.6) is 0 Å². The average molecular weight is 304 g/mol. The molecular formula is C17H28N4O. The predicted molar refractivity (Wildman–Crippen MR) is 88.8 cm³/mol. The summed E-state index contributed by atoms with van der Waals surface area (Å²) in [5.74, 6) is 1.99. The summed E-state index contributed by atoms with van der Waals surface area (Å²) < 4.78 is 0. The Bertz CT molecular complexity index is 515. The van der Waals surface area contributed by atoms with Gasteiger partial charge in [0.2, 0.25) is 5.91 Å². The van der Waals surface area contributed by atoms with Crippen LogP contribution in [0.4, 0.5) is 5.82 Å². The largest absolute Gasteiger partial charge is 0.367 e. The van der Waals surface area contributed by atoms with Gasteiger partial charge in [0.15, 0.2) is 0 Å². The van der Waals surface area contributed by atoms with E-state index in [0.29, 0.717) is 6.04 Å². The number of anilines is 1. The van der Waals surface area contributed by atoms with E-state index >= 15 is 0 Å². The summed E-state index contributed by atoms with van der Waals surface area (Å²) in [7, 11) is 0. The van der Waals surface area contributed by atoms with Gasteiger partial charge in [0.05, 0.1) is 0 Å². The van der Waals surface area contributed by atoms with Gasteiger partial charge in [0.25, 0.3) is 0 Å². The Kier molecular flexibility index (Phi) is 5.75. The van der Waals surface area contributed by atoms with Gasteiger partial charge in [-0.1, -0.05) is 13.3 Å². The van der Waals surface area contributed by atoms with Crippen LogP contribution in [0.3, 0.4) is 0 Å². The van der Waals surface area contributed by atoms with Crippen LogP contribution in [0.1, 0.15) is 58.0 Å². The van der Waals surface area contributed by atoms with Gasteiger partial charge < -0.3 is 10.6 Å². The smallest absolute Gasteiger partial charge is 0.223 e. The molecular weight excluding hydrogens is 276 g/mol. The van der Waals surface area contributed by atoms with Crippen molar-refractivity contribution in [1.82, 2.24) is 15.3 Å². The average Bonchev–Trinajstić information content (AvgIpc) is 2.46. The second-order valence-electron chi connectivity index (χ2n) is 6.51. The van der Waals surface area contributed by atoms with Crippen LogP contribution in [0, 0.1) is 12.8 Å². The number of aryl methyl sites for hydroxylation is 2. The monoisotopic (exact) mass is 304 g/mol. The van der Waals surface area contributed by atoms with Gasteiger partial charge in [-0.15, -0.1) is 0 Å². The number of aromatic nitrogens is 2. The minimum atomic E-state index is 0.113. The molecule has 2 N–H and O–H groups in total. The van der Waals surface area contributed by atoms with E-state index in [0.717, 1.165) is 49.4 Å². The molecule has 1 aromatic heterocycles. The summed E-state index contributed by atoms with van der Waals surface area (Å²) in [4.78, 5) is 21.1. The number of nitrogens with one attached hydrogen (secondary N) is 2. The minimum absolute atomic E-state index is 0.113. The lowest BCUT2D eigenvalue weighted by molar-refractivity contribution is -0.126. The van der Waals surface area contributed by atoms with Crippen molar-refractivity contribution in [1.29, 1.82) is 0 Å². The number of hydrogen-bond acceptors (Lipinski definition) is 4. The molecule has 5 heteroatoms. The van der Waals surface area contributed by atoms with Crippen LogP contribution in [0.25, 0.3) is 0 Å². The highest BCUT2D eigenvalue weighted by Gasteiger charge is 2.27. The maximum Gasteiger partial charge on any atom is 0.223 e. The van der Waals surface area contributed by atoms with Crippen molar-refractivity contribution in [2.24, 2.45) is 5.92 Å². The van der Waals surface area contributed by atoms with Crippen molar-refractivity contribution in [2.45, 2.75) is 71.9 Å². The molecule has 0 aliphatic heterocycles. The Balaban J connectivity index is 1.98. The second-order valence-corrected chi connectivity index (χ2v) is 6.51. The van der Waals surface area contributed by atoms with Gasteiger partial charge in [-0.2, -0.15) is 0 Å². The van der Waals surface area contributed by atoms with Gasteiger partial charge in [-0.3, -0.25) is 4.79 Å². The summed E-state index contributed by atoms with van der Waals surface area (Å²) in [6, 6.07) is 2.54. The van der Waals surface area contributed by atoms with Crippen LogP contribution in [-0.4, -0.2) is 28.0 Å². The van der Waals surface area contributed by atoms with E-state index in [2.05, 4.69) is 27.5 Å². The van der Waals surface area contributed by atoms with Gasteiger partial charge in [-0.05, 0) is 46.5 Å². The first-order chi connectivity index (χ1) is 10.5. The standard InChI is InChI=1S/C17H28N4O/c1-5-14-10-16(20-12(4)19-14)21-15-8-6-7-13(9-15)17(22)18-11(2)3/h10-11,13,15H,5-9H2,1-4H3,(H,18,22)(H,19,20,21). The number of nitrogens with zero attached hydrogens (tertiary/aromatic N) is 2. The van der Waals surface area contributed by atoms with Crippen LogP contribution in [0.2, 0.25) is 0 Å². The number of amides is 1. The van der Waals surface area contributed by atoms with Crippen molar-refractivity contribution in [3.8, 4) is 0 Å². The maximum absolute atomic E-state index is 12.2. The van der Waals surface area contributed by atoms with Crippen molar-refractivity contribution >= 4 is 11.7 Å².